The molecule has 1 aromatic carbocycles. The fraction of sp³-hybridized carbons (Fsp3) is 0.478. The van der Waals surface area contributed by atoms with E-state index in [2.05, 4.69) is 20.7 Å². The molecule has 170 valence electrons. The molecule has 4 rings (SSSR count). The first kappa shape index (κ1) is 22.7. The molecular formula is C23H28ClN5O2S. The number of aromatic nitrogens is 3. The van der Waals surface area contributed by atoms with Gasteiger partial charge in [0, 0.05) is 17.1 Å². The molecule has 0 unspecified atom stereocenters. The summed E-state index contributed by atoms with van der Waals surface area (Å²) >= 11 is 7.26. The van der Waals surface area contributed by atoms with Crippen molar-refractivity contribution in [1.29, 1.82) is 0 Å². The first-order valence-corrected chi connectivity index (χ1v) is 12.2. The zero-order chi connectivity index (χ0) is 22.9. The van der Waals surface area contributed by atoms with Crippen molar-refractivity contribution >= 4 is 50.2 Å². The molecule has 0 aliphatic heterocycles. The topological polar surface area (TPSA) is 88.9 Å². The Morgan fingerprint density at radius 1 is 1.19 bits per heavy atom. The number of carbonyl (C=O) groups is 2. The monoisotopic (exact) mass is 473 g/mol. The van der Waals surface area contributed by atoms with Gasteiger partial charge in [-0.05, 0) is 57.7 Å². The van der Waals surface area contributed by atoms with E-state index in [1.54, 1.807) is 28.9 Å². The van der Waals surface area contributed by atoms with Gasteiger partial charge in [0.25, 0.3) is 11.8 Å². The predicted octanol–water partition coefficient (Wildman–Crippen LogP) is 5.46. The minimum atomic E-state index is -0.373. The van der Waals surface area contributed by atoms with E-state index in [0.29, 0.717) is 44.2 Å². The van der Waals surface area contributed by atoms with E-state index in [9.17, 15) is 9.59 Å². The molecule has 1 fully saturated rings. The summed E-state index contributed by atoms with van der Waals surface area (Å²) in [7, 11) is 0. The van der Waals surface area contributed by atoms with E-state index in [4.69, 9.17) is 11.6 Å². The second kappa shape index (κ2) is 9.19. The summed E-state index contributed by atoms with van der Waals surface area (Å²) in [6, 6.07) is 6.73. The number of halogens is 1. The number of benzene rings is 1. The highest BCUT2D eigenvalue weighted by Gasteiger charge is 2.28. The molecule has 1 aliphatic carbocycles. The lowest BCUT2D eigenvalue weighted by Crippen LogP contribution is -2.31. The van der Waals surface area contributed by atoms with Crippen LogP contribution >= 0.6 is 22.9 Å². The van der Waals surface area contributed by atoms with Gasteiger partial charge in [0.2, 0.25) is 0 Å². The van der Waals surface area contributed by atoms with Gasteiger partial charge >= 0.3 is 0 Å². The van der Waals surface area contributed by atoms with Crippen molar-refractivity contribution < 1.29 is 9.59 Å². The molecule has 0 radical (unpaired) electrons. The Morgan fingerprint density at radius 3 is 2.62 bits per heavy atom. The molecular weight excluding hydrogens is 446 g/mol. The van der Waals surface area contributed by atoms with Gasteiger partial charge in [0.15, 0.2) is 16.5 Å². The van der Waals surface area contributed by atoms with Crippen molar-refractivity contribution in [3.05, 3.63) is 40.5 Å². The molecule has 7 nitrogen and oxygen atoms in total. The largest absolute Gasteiger partial charge is 0.350 e. The molecule has 1 saturated carbocycles. The van der Waals surface area contributed by atoms with Gasteiger partial charge in [-0.3, -0.25) is 14.9 Å². The number of hydrogen-bond donors (Lipinski definition) is 2. The maximum absolute atomic E-state index is 13.0. The smallest absolute Gasteiger partial charge is 0.273 e. The maximum Gasteiger partial charge on any atom is 0.273 e. The molecule has 0 spiro atoms. The third-order valence-corrected chi connectivity index (χ3v) is 6.86. The SMILES string of the molecule is CC(C)(C)n1nc(C(=O)NCC2CCCCC2)c2sc(NC(=O)c3cccc(Cl)c3)nc21. The van der Waals surface area contributed by atoms with Crippen LogP contribution in [0.2, 0.25) is 5.02 Å². The van der Waals surface area contributed by atoms with Crippen molar-refractivity contribution in [1.82, 2.24) is 20.1 Å². The molecule has 0 bridgehead atoms. The van der Waals surface area contributed by atoms with Crippen molar-refractivity contribution in [2.24, 2.45) is 5.92 Å². The summed E-state index contributed by atoms with van der Waals surface area (Å²) in [4.78, 5) is 30.3. The van der Waals surface area contributed by atoms with Gasteiger partial charge in [-0.2, -0.15) is 10.1 Å². The summed E-state index contributed by atoms with van der Waals surface area (Å²) in [5.41, 5.74) is 1.01. The Labute approximate surface area is 196 Å². The Morgan fingerprint density at radius 2 is 1.94 bits per heavy atom. The van der Waals surface area contributed by atoms with Crippen molar-refractivity contribution in [2.45, 2.75) is 58.4 Å². The van der Waals surface area contributed by atoms with Crippen LogP contribution in [-0.4, -0.2) is 33.1 Å². The van der Waals surface area contributed by atoms with E-state index < -0.39 is 0 Å². The first-order chi connectivity index (χ1) is 15.2. The molecule has 3 aromatic rings. The van der Waals surface area contributed by atoms with Gasteiger partial charge in [-0.15, -0.1) is 0 Å². The Kier molecular flexibility index (Phi) is 6.53. The highest BCUT2D eigenvalue weighted by molar-refractivity contribution is 7.22. The molecule has 2 aromatic heterocycles. The summed E-state index contributed by atoms with van der Waals surface area (Å²) in [5, 5.41) is 11.4. The van der Waals surface area contributed by atoms with Crippen LogP contribution in [0.15, 0.2) is 24.3 Å². The second-order valence-electron chi connectivity index (χ2n) is 9.28. The lowest BCUT2D eigenvalue weighted by Gasteiger charge is -2.21. The third kappa shape index (κ3) is 4.96. The second-order valence-corrected chi connectivity index (χ2v) is 10.7. The van der Waals surface area contributed by atoms with Gasteiger partial charge in [0.1, 0.15) is 4.70 Å². The average molecular weight is 474 g/mol. The molecule has 2 N–H and O–H groups in total. The van der Waals surface area contributed by atoms with Crippen LogP contribution in [0.5, 0.6) is 0 Å². The van der Waals surface area contributed by atoms with Gasteiger partial charge < -0.3 is 5.32 Å². The van der Waals surface area contributed by atoms with Crippen LogP contribution in [0, 0.1) is 5.92 Å². The van der Waals surface area contributed by atoms with Crippen LogP contribution in [0.1, 0.15) is 73.7 Å². The van der Waals surface area contributed by atoms with E-state index in [1.807, 2.05) is 20.8 Å². The molecule has 2 amide bonds. The number of hydrogen-bond acceptors (Lipinski definition) is 5. The van der Waals surface area contributed by atoms with Crippen LogP contribution in [-0.2, 0) is 5.54 Å². The summed E-state index contributed by atoms with van der Waals surface area (Å²) in [5.74, 6) is 0.0318. The fourth-order valence-electron chi connectivity index (χ4n) is 3.98. The molecule has 9 heteroatoms. The van der Waals surface area contributed by atoms with E-state index in [-0.39, 0.29) is 17.4 Å². The van der Waals surface area contributed by atoms with Crippen LogP contribution < -0.4 is 10.6 Å². The normalized spacial score (nSPS) is 15.1. The van der Waals surface area contributed by atoms with Gasteiger partial charge in [0.05, 0.1) is 5.54 Å². The number of rotatable bonds is 5. The number of nitrogens with one attached hydrogen (secondary N) is 2. The Hall–Kier alpha value is -2.45. The van der Waals surface area contributed by atoms with Gasteiger partial charge in [-0.25, -0.2) is 4.68 Å². The number of anilines is 1. The summed E-state index contributed by atoms with van der Waals surface area (Å²) in [6.07, 6.45) is 6.06. The highest BCUT2D eigenvalue weighted by Crippen LogP contribution is 2.32. The Bertz CT molecular complexity index is 1140. The zero-order valence-electron chi connectivity index (χ0n) is 18.6. The van der Waals surface area contributed by atoms with Crippen LogP contribution in [0.25, 0.3) is 10.3 Å². The third-order valence-electron chi connectivity index (χ3n) is 5.66. The van der Waals surface area contributed by atoms with Gasteiger partial charge in [-0.1, -0.05) is 48.3 Å². The number of carbonyl (C=O) groups excluding carboxylic acids is 2. The molecule has 32 heavy (non-hydrogen) atoms. The van der Waals surface area contributed by atoms with Crippen LogP contribution in [0.4, 0.5) is 5.13 Å². The zero-order valence-corrected chi connectivity index (χ0v) is 20.1. The minimum Gasteiger partial charge on any atom is -0.350 e. The summed E-state index contributed by atoms with van der Waals surface area (Å²) in [6.45, 7) is 6.69. The lowest BCUT2D eigenvalue weighted by atomic mass is 9.89. The van der Waals surface area contributed by atoms with Crippen molar-refractivity contribution in [3.63, 3.8) is 0 Å². The van der Waals surface area contributed by atoms with E-state index in [0.717, 1.165) is 12.8 Å². The minimum absolute atomic E-state index is 0.194. The van der Waals surface area contributed by atoms with Crippen LogP contribution in [0.3, 0.4) is 0 Å². The predicted molar refractivity (Wildman–Crippen MR) is 129 cm³/mol. The highest BCUT2D eigenvalue weighted by atomic mass is 35.5. The average Bonchev–Trinajstić information content (AvgIpc) is 3.31. The number of fused-ring (bicyclic) bond motifs is 1. The fourth-order valence-corrected chi connectivity index (χ4v) is 5.10. The molecule has 0 saturated heterocycles. The standard InChI is InChI=1S/C23H28ClN5O2S/c1-23(2,3)29-19-18(17(28-29)21(31)25-13-14-8-5-4-6-9-14)32-22(26-19)27-20(30)15-10-7-11-16(24)12-15/h7,10-12,14H,4-6,8-9,13H2,1-3H3,(H,25,31)(H,26,27,30). The quantitative estimate of drug-likeness (QED) is 0.514. The molecule has 0 atom stereocenters. The van der Waals surface area contributed by atoms with Crippen molar-refractivity contribution in [2.75, 3.05) is 11.9 Å². The summed E-state index contributed by atoms with van der Waals surface area (Å²) < 4.78 is 2.42. The lowest BCUT2D eigenvalue weighted by molar-refractivity contribution is 0.0938. The number of amides is 2. The van der Waals surface area contributed by atoms with E-state index >= 15 is 0 Å². The van der Waals surface area contributed by atoms with Crippen molar-refractivity contribution in [3.8, 4) is 0 Å². The Balaban J connectivity index is 1.59. The number of nitrogens with zero attached hydrogens (tertiary/aromatic N) is 3. The number of thiazole rings is 1. The molecule has 1 aliphatic rings. The molecule has 2 heterocycles. The van der Waals surface area contributed by atoms with E-state index in [1.165, 1.54) is 30.6 Å². The maximum atomic E-state index is 13.0. The first-order valence-electron chi connectivity index (χ1n) is 11.0.